The molecule has 0 aliphatic carbocycles. The van der Waals surface area contributed by atoms with Gasteiger partial charge in [0.1, 0.15) is 0 Å². The van der Waals surface area contributed by atoms with Crippen LogP contribution < -0.4 is 9.47 Å². The summed E-state index contributed by atoms with van der Waals surface area (Å²) in [6.07, 6.45) is 6.69. The van der Waals surface area contributed by atoms with Crippen molar-refractivity contribution in [2.24, 2.45) is 0 Å². The number of ether oxygens (including phenoxy) is 2. The molecule has 3 aromatic carbocycles. The molecule has 0 saturated heterocycles. The quantitative estimate of drug-likeness (QED) is 0.179. The van der Waals surface area contributed by atoms with Gasteiger partial charge in [-0.2, -0.15) is 0 Å². The van der Waals surface area contributed by atoms with Crippen molar-refractivity contribution < 1.29 is 19.1 Å². The molecule has 4 heteroatoms. The number of unbranched alkanes of at least 4 members (excludes halogenated alkanes) is 1. The monoisotopic (exact) mass is 414 g/mol. The molecule has 0 amide bonds. The highest BCUT2D eigenvalue weighted by molar-refractivity contribution is 5.94. The highest BCUT2D eigenvalue weighted by atomic mass is 16.6. The second-order valence-corrected chi connectivity index (χ2v) is 7.16. The fraction of sp³-hybridized carbons (Fsp3) is 0.185. The molecular formula is C27H26O4. The largest absolute Gasteiger partial charge is 0.493 e. The van der Waals surface area contributed by atoms with Crippen LogP contribution in [-0.4, -0.2) is 18.9 Å². The third kappa shape index (κ3) is 6.96. The zero-order valence-corrected chi connectivity index (χ0v) is 17.6. The summed E-state index contributed by atoms with van der Waals surface area (Å²) in [7, 11) is 1.51. The maximum atomic E-state index is 12.3. The first-order chi connectivity index (χ1) is 15.2. The van der Waals surface area contributed by atoms with E-state index in [1.54, 1.807) is 54.6 Å². The van der Waals surface area contributed by atoms with Crippen molar-refractivity contribution in [3.8, 4) is 11.5 Å². The van der Waals surface area contributed by atoms with Crippen LogP contribution in [0.4, 0.5) is 0 Å². The second kappa shape index (κ2) is 11.5. The molecular weight excluding hydrogens is 388 g/mol. The van der Waals surface area contributed by atoms with E-state index in [0.717, 1.165) is 24.8 Å². The Kier molecular flexibility index (Phi) is 8.18. The van der Waals surface area contributed by atoms with Crippen molar-refractivity contribution in [3.05, 3.63) is 102 Å². The lowest BCUT2D eigenvalue weighted by molar-refractivity contribution is -0.114. The second-order valence-electron chi connectivity index (χ2n) is 7.16. The Morgan fingerprint density at radius 2 is 1.55 bits per heavy atom. The fourth-order valence-electron chi connectivity index (χ4n) is 3.15. The van der Waals surface area contributed by atoms with Crippen LogP contribution in [0.1, 0.15) is 40.7 Å². The summed E-state index contributed by atoms with van der Waals surface area (Å²) in [6, 6.07) is 24.3. The van der Waals surface area contributed by atoms with E-state index in [0.29, 0.717) is 23.5 Å². The number of benzene rings is 3. The SMILES string of the molecule is COc1cc(/C=C/C(=O)CCCCc2ccccc2)ccc1OC(=O)c1ccccc1. The molecule has 0 bridgehead atoms. The molecule has 0 aromatic heterocycles. The van der Waals surface area contributed by atoms with E-state index < -0.39 is 5.97 Å². The maximum Gasteiger partial charge on any atom is 0.343 e. The third-order valence-corrected chi connectivity index (χ3v) is 4.84. The summed E-state index contributed by atoms with van der Waals surface area (Å²) in [5, 5.41) is 0. The molecule has 0 spiro atoms. The van der Waals surface area contributed by atoms with Gasteiger partial charge in [-0.25, -0.2) is 4.79 Å². The van der Waals surface area contributed by atoms with E-state index in [-0.39, 0.29) is 5.78 Å². The Morgan fingerprint density at radius 1 is 0.839 bits per heavy atom. The van der Waals surface area contributed by atoms with Crippen molar-refractivity contribution in [1.29, 1.82) is 0 Å². The predicted octanol–water partition coefficient (Wildman–Crippen LogP) is 5.91. The average molecular weight is 415 g/mol. The van der Waals surface area contributed by atoms with Gasteiger partial charge < -0.3 is 9.47 Å². The number of carbonyl (C=O) groups is 2. The molecule has 3 rings (SSSR count). The Morgan fingerprint density at radius 3 is 2.26 bits per heavy atom. The molecule has 0 unspecified atom stereocenters. The lowest BCUT2D eigenvalue weighted by Gasteiger charge is -2.10. The Balaban J connectivity index is 1.52. The molecule has 0 atom stereocenters. The van der Waals surface area contributed by atoms with Gasteiger partial charge in [0, 0.05) is 6.42 Å². The first-order valence-corrected chi connectivity index (χ1v) is 10.4. The van der Waals surface area contributed by atoms with Gasteiger partial charge in [0.05, 0.1) is 12.7 Å². The van der Waals surface area contributed by atoms with Gasteiger partial charge in [-0.3, -0.25) is 4.79 Å². The number of esters is 1. The van der Waals surface area contributed by atoms with Crippen LogP contribution in [0.5, 0.6) is 11.5 Å². The van der Waals surface area contributed by atoms with Crippen LogP contribution in [0.3, 0.4) is 0 Å². The first-order valence-electron chi connectivity index (χ1n) is 10.4. The minimum Gasteiger partial charge on any atom is -0.493 e. The summed E-state index contributed by atoms with van der Waals surface area (Å²) in [5.41, 5.74) is 2.56. The fourth-order valence-corrected chi connectivity index (χ4v) is 3.15. The number of ketones is 1. The van der Waals surface area contributed by atoms with E-state index in [2.05, 4.69) is 12.1 Å². The van der Waals surface area contributed by atoms with Crippen LogP contribution in [-0.2, 0) is 11.2 Å². The van der Waals surface area contributed by atoms with E-state index in [9.17, 15) is 9.59 Å². The van der Waals surface area contributed by atoms with Crippen LogP contribution in [0.25, 0.3) is 6.08 Å². The van der Waals surface area contributed by atoms with Crippen LogP contribution in [0.2, 0.25) is 0 Å². The van der Waals surface area contributed by atoms with Crippen LogP contribution in [0, 0.1) is 0 Å². The molecule has 0 N–H and O–H groups in total. The summed E-state index contributed by atoms with van der Waals surface area (Å²) in [4.78, 5) is 24.4. The smallest absolute Gasteiger partial charge is 0.343 e. The van der Waals surface area contributed by atoms with Crippen molar-refractivity contribution in [2.75, 3.05) is 7.11 Å². The van der Waals surface area contributed by atoms with Crippen molar-refractivity contribution in [3.63, 3.8) is 0 Å². The minimum atomic E-state index is -0.451. The molecule has 4 nitrogen and oxygen atoms in total. The standard InChI is InChI=1S/C27H26O4/c1-30-26-20-22(17-19-25(26)31-27(29)23-13-6-3-7-14-23)16-18-24(28)15-9-8-12-21-10-4-2-5-11-21/h2-7,10-11,13-14,16-20H,8-9,12,15H2,1H3/b18-16+. The number of hydrogen-bond donors (Lipinski definition) is 0. The van der Waals surface area contributed by atoms with E-state index >= 15 is 0 Å². The minimum absolute atomic E-state index is 0.0895. The molecule has 0 saturated carbocycles. The molecule has 0 heterocycles. The third-order valence-electron chi connectivity index (χ3n) is 4.84. The Hall–Kier alpha value is -3.66. The predicted molar refractivity (Wildman–Crippen MR) is 122 cm³/mol. The molecule has 0 aliphatic rings. The molecule has 0 aliphatic heterocycles. The summed E-state index contributed by atoms with van der Waals surface area (Å²) in [6.45, 7) is 0. The van der Waals surface area contributed by atoms with Gasteiger partial charge >= 0.3 is 5.97 Å². The van der Waals surface area contributed by atoms with E-state index in [1.165, 1.54) is 12.7 Å². The number of aryl methyl sites for hydroxylation is 1. The van der Waals surface area contributed by atoms with Gasteiger partial charge in [-0.05, 0) is 60.7 Å². The van der Waals surface area contributed by atoms with Gasteiger partial charge in [0.2, 0.25) is 0 Å². The zero-order valence-electron chi connectivity index (χ0n) is 17.6. The van der Waals surface area contributed by atoms with Gasteiger partial charge in [-0.1, -0.05) is 60.7 Å². The van der Waals surface area contributed by atoms with Crippen LogP contribution in [0.15, 0.2) is 84.9 Å². The molecule has 0 fully saturated rings. The average Bonchev–Trinajstić information content (AvgIpc) is 2.82. The van der Waals surface area contributed by atoms with Crippen LogP contribution >= 0.6 is 0 Å². The highest BCUT2D eigenvalue weighted by Crippen LogP contribution is 2.29. The summed E-state index contributed by atoms with van der Waals surface area (Å²) < 4.78 is 10.8. The lowest BCUT2D eigenvalue weighted by Crippen LogP contribution is -2.09. The van der Waals surface area contributed by atoms with Gasteiger partial charge in [-0.15, -0.1) is 0 Å². The number of allylic oxidation sites excluding steroid dienone is 1. The van der Waals surface area contributed by atoms with E-state index in [4.69, 9.17) is 9.47 Å². The van der Waals surface area contributed by atoms with Crippen molar-refractivity contribution in [1.82, 2.24) is 0 Å². The van der Waals surface area contributed by atoms with Crippen molar-refractivity contribution in [2.45, 2.75) is 25.7 Å². The van der Waals surface area contributed by atoms with Gasteiger partial charge in [0.25, 0.3) is 0 Å². The zero-order chi connectivity index (χ0) is 21.9. The number of rotatable bonds is 10. The highest BCUT2D eigenvalue weighted by Gasteiger charge is 2.12. The number of methoxy groups -OCH3 is 1. The Labute approximate surface area is 183 Å². The van der Waals surface area contributed by atoms with Crippen molar-refractivity contribution >= 4 is 17.8 Å². The number of hydrogen-bond acceptors (Lipinski definition) is 4. The molecule has 158 valence electrons. The summed E-state index contributed by atoms with van der Waals surface area (Å²) >= 11 is 0. The molecule has 31 heavy (non-hydrogen) atoms. The maximum absolute atomic E-state index is 12.3. The molecule has 3 aromatic rings. The Bertz CT molecular complexity index is 1020. The lowest BCUT2D eigenvalue weighted by atomic mass is 10.1. The molecule has 0 radical (unpaired) electrons. The van der Waals surface area contributed by atoms with E-state index in [1.807, 2.05) is 24.3 Å². The number of carbonyl (C=O) groups excluding carboxylic acids is 2. The summed E-state index contributed by atoms with van der Waals surface area (Å²) in [5.74, 6) is 0.405. The van der Waals surface area contributed by atoms with Gasteiger partial charge in [0.15, 0.2) is 17.3 Å². The first kappa shape index (κ1) is 22.0. The topological polar surface area (TPSA) is 52.6 Å². The normalized spacial score (nSPS) is 10.7.